The Morgan fingerprint density at radius 2 is 2.43 bits per heavy atom. The number of fused-ring (bicyclic) bond motifs is 3. The number of pyridine rings is 1. The number of nitrogens with one attached hydrogen (secondary N) is 2. The number of carbonyl (C=O) groups excluding carboxylic acids is 1. The molecule has 3 atom stereocenters. The molecule has 2 bridgehead atoms. The number of terminal acetylenes is 1. The number of hydrogen-bond acceptors (Lipinski definition) is 3. The van der Waals surface area contributed by atoms with E-state index >= 15 is 0 Å². The summed E-state index contributed by atoms with van der Waals surface area (Å²) in [5.41, 5.74) is 1.89. The number of aromatic nitrogens is 2. The third kappa shape index (κ3) is 2.08. The van der Waals surface area contributed by atoms with Gasteiger partial charge in [0.15, 0.2) is 0 Å². The van der Waals surface area contributed by atoms with Crippen LogP contribution in [0.4, 0.5) is 0 Å². The van der Waals surface area contributed by atoms with E-state index < -0.39 is 0 Å². The van der Waals surface area contributed by atoms with Gasteiger partial charge in [-0.1, -0.05) is 0 Å². The summed E-state index contributed by atoms with van der Waals surface area (Å²) < 4.78 is 1.82. The topological polar surface area (TPSA) is 58.4 Å². The quantitative estimate of drug-likeness (QED) is 0.805. The fraction of sp³-hybridized carbons (Fsp3) is 0.375. The molecule has 2 aromatic heterocycles. The van der Waals surface area contributed by atoms with Gasteiger partial charge in [0.1, 0.15) is 11.3 Å². The Labute approximate surface area is 122 Å². The average Bonchev–Trinajstić information content (AvgIpc) is 3.20. The van der Waals surface area contributed by atoms with Gasteiger partial charge in [0, 0.05) is 36.1 Å². The number of hydrogen-bond donors (Lipinski definition) is 2. The Morgan fingerprint density at radius 3 is 3.14 bits per heavy atom. The molecule has 3 unspecified atom stereocenters. The minimum absolute atomic E-state index is 0.0397. The molecule has 1 amide bonds. The highest BCUT2D eigenvalue weighted by Gasteiger charge is 2.39. The van der Waals surface area contributed by atoms with Crippen molar-refractivity contribution < 1.29 is 4.79 Å². The second-order valence-corrected chi connectivity index (χ2v) is 5.81. The maximum absolute atomic E-state index is 12.4. The van der Waals surface area contributed by atoms with Crippen molar-refractivity contribution in [2.24, 2.45) is 0 Å². The number of amides is 1. The van der Waals surface area contributed by atoms with Gasteiger partial charge in [-0.25, -0.2) is 4.98 Å². The summed E-state index contributed by atoms with van der Waals surface area (Å²) in [6.45, 7) is 0. The van der Waals surface area contributed by atoms with Crippen LogP contribution in [0.15, 0.2) is 24.5 Å². The maximum Gasteiger partial charge on any atom is 0.251 e. The molecule has 4 rings (SSSR count). The molecule has 0 aliphatic carbocycles. The Kier molecular flexibility index (Phi) is 2.72. The molecule has 2 saturated heterocycles. The maximum atomic E-state index is 12.4. The van der Waals surface area contributed by atoms with Crippen molar-refractivity contribution in [2.45, 2.75) is 37.4 Å². The Bertz CT molecular complexity index is 757. The largest absolute Gasteiger partial charge is 0.348 e. The third-order valence-corrected chi connectivity index (χ3v) is 4.49. The van der Waals surface area contributed by atoms with Crippen molar-refractivity contribution >= 4 is 11.6 Å². The number of rotatable bonds is 2. The molecule has 0 aromatic carbocycles. The van der Waals surface area contributed by atoms with Crippen LogP contribution in [0.3, 0.4) is 0 Å². The summed E-state index contributed by atoms with van der Waals surface area (Å²) in [4.78, 5) is 16.7. The Balaban J connectivity index is 1.55. The Morgan fingerprint density at radius 1 is 1.52 bits per heavy atom. The molecule has 2 aliphatic heterocycles. The zero-order chi connectivity index (χ0) is 14.4. The molecule has 5 nitrogen and oxygen atoms in total. The lowest BCUT2D eigenvalue weighted by molar-refractivity contribution is 0.0931. The molecule has 21 heavy (non-hydrogen) atoms. The van der Waals surface area contributed by atoms with Gasteiger partial charge in [-0.05, 0) is 37.3 Å². The van der Waals surface area contributed by atoms with Crippen molar-refractivity contribution in [1.82, 2.24) is 20.0 Å². The summed E-state index contributed by atoms with van der Waals surface area (Å²) in [7, 11) is 0. The average molecular weight is 280 g/mol. The first-order chi connectivity index (χ1) is 10.2. The first-order valence-electron chi connectivity index (χ1n) is 7.25. The molecule has 4 heterocycles. The highest BCUT2D eigenvalue weighted by Crippen LogP contribution is 2.28. The molecule has 5 heteroatoms. The highest BCUT2D eigenvalue weighted by atomic mass is 16.1. The minimum atomic E-state index is -0.0397. The van der Waals surface area contributed by atoms with Gasteiger partial charge >= 0.3 is 0 Å². The van der Waals surface area contributed by atoms with Crippen molar-refractivity contribution in [2.75, 3.05) is 0 Å². The lowest BCUT2D eigenvalue weighted by Gasteiger charge is -2.21. The molecule has 0 saturated carbocycles. The first-order valence-corrected chi connectivity index (χ1v) is 7.25. The molecular weight excluding hydrogens is 264 g/mol. The third-order valence-electron chi connectivity index (χ3n) is 4.49. The van der Waals surface area contributed by atoms with Crippen LogP contribution in [0.1, 0.15) is 35.3 Å². The monoisotopic (exact) mass is 280 g/mol. The zero-order valence-electron chi connectivity index (χ0n) is 11.5. The fourth-order valence-electron chi connectivity index (χ4n) is 3.43. The van der Waals surface area contributed by atoms with E-state index in [1.807, 2.05) is 10.6 Å². The predicted molar refractivity (Wildman–Crippen MR) is 78.9 cm³/mol. The van der Waals surface area contributed by atoms with E-state index in [-0.39, 0.29) is 11.9 Å². The van der Waals surface area contributed by atoms with Crippen LogP contribution in [-0.2, 0) is 0 Å². The van der Waals surface area contributed by atoms with Gasteiger partial charge in [-0.2, -0.15) is 0 Å². The summed E-state index contributed by atoms with van der Waals surface area (Å²) in [6.07, 6.45) is 12.3. The van der Waals surface area contributed by atoms with Crippen molar-refractivity contribution in [3.8, 4) is 12.3 Å². The van der Waals surface area contributed by atoms with Crippen molar-refractivity contribution in [3.05, 3.63) is 35.8 Å². The van der Waals surface area contributed by atoms with Crippen LogP contribution < -0.4 is 10.6 Å². The van der Waals surface area contributed by atoms with E-state index in [0.717, 1.165) is 12.8 Å². The van der Waals surface area contributed by atoms with Gasteiger partial charge < -0.3 is 15.0 Å². The lowest BCUT2D eigenvalue weighted by atomic mass is 9.95. The van der Waals surface area contributed by atoms with Gasteiger partial charge in [0.2, 0.25) is 0 Å². The van der Waals surface area contributed by atoms with Gasteiger partial charge in [0.05, 0.1) is 0 Å². The van der Waals surface area contributed by atoms with Gasteiger partial charge in [0.25, 0.3) is 5.91 Å². The lowest BCUT2D eigenvalue weighted by Crippen LogP contribution is -2.42. The minimum Gasteiger partial charge on any atom is -0.348 e. The highest BCUT2D eigenvalue weighted by molar-refractivity contribution is 5.95. The molecule has 0 spiro atoms. The molecule has 2 aromatic rings. The van der Waals surface area contributed by atoms with Gasteiger partial charge in [-0.3, -0.25) is 4.79 Å². The van der Waals surface area contributed by atoms with Crippen LogP contribution >= 0.6 is 0 Å². The molecular formula is C16H16N4O. The molecule has 2 aliphatic rings. The van der Waals surface area contributed by atoms with Crippen molar-refractivity contribution in [1.29, 1.82) is 0 Å². The number of carbonyl (C=O) groups is 1. The predicted octanol–water partition coefficient (Wildman–Crippen LogP) is 0.938. The number of nitrogens with zero attached hydrogens (tertiary/aromatic N) is 2. The normalized spacial score (nSPS) is 26.9. The number of imidazole rings is 1. The first kappa shape index (κ1) is 12.4. The smallest absolute Gasteiger partial charge is 0.251 e. The van der Waals surface area contributed by atoms with Crippen LogP contribution in [0.2, 0.25) is 0 Å². The van der Waals surface area contributed by atoms with Crippen LogP contribution in [-0.4, -0.2) is 33.4 Å². The van der Waals surface area contributed by atoms with E-state index in [1.54, 1.807) is 18.3 Å². The SMILES string of the molecule is C#Cc1cn2ccc(C(=O)NC3CC4CCC3N4)cc2n1. The molecule has 2 fully saturated rings. The van der Waals surface area contributed by atoms with E-state index in [4.69, 9.17) is 6.42 Å². The van der Waals surface area contributed by atoms with Gasteiger partial charge in [-0.15, -0.1) is 6.42 Å². The van der Waals surface area contributed by atoms with Crippen LogP contribution in [0, 0.1) is 12.3 Å². The van der Waals surface area contributed by atoms with E-state index in [1.165, 1.54) is 6.42 Å². The zero-order valence-corrected chi connectivity index (χ0v) is 11.5. The van der Waals surface area contributed by atoms with E-state index in [0.29, 0.717) is 29.0 Å². The second kappa shape index (κ2) is 4.61. The second-order valence-electron chi connectivity index (χ2n) is 5.81. The Hall–Kier alpha value is -2.32. The summed E-state index contributed by atoms with van der Waals surface area (Å²) in [5.74, 6) is 2.46. The van der Waals surface area contributed by atoms with Crippen molar-refractivity contribution in [3.63, 3.8) is 0 Å². The van der Waals surface area contributed by atoms with Crippen LogP contribution in [0.5, 0.6) is 0 Å². The van der Waals surface area contributed by atoms with E-state index in [9.17, 15) is 4.79 Å². The summed E-state index contributed by atoms with van der Waals surface area (Å²) in [6, 6.07) is 4.82. The molecule has 106 valence electrons. The molecule has 2 N–H and O–H groups in total. The fourth-order valence-corrected chi connectivity index (χ4v) is 3.43. The standard InChI is InChI=1S/C16H16N4O/c1-2-11-9-20-6-5-10(7-15(20)18-11)16(21)19-14-8-12-3-4-13(14)17-12/h1,5-7,9,12-14,17H,3-4,8H2,(H,19,21). The molecule has 0 radical (unpaired) electrons. The van der Waals surface area contributed by atoms with E-state index in [2.05, 4.69) is 21.5 Å². The van der Waals surface area contributed by atoms with Crippen LogP contribution in [0.25, 0.3) is 5.65 Å². The summed E-state index contributed by atoms with van der Waals surface area (Å²) >= 11 is 0. The summed E-state index contributed by atoms with van der Waals surface area (Å²) in [5, 5.41) is 6.66.